The Morgan fingerprint density at radius 3 is 2.73 bits per heavy atom. The van der Waals surface area contributed by atoms with Crippen LogP contribution < -0.4 is 5.32 Å². The summed E-state index contributed by atoms with van der Waals surface area (Å²) in [5.74, 6) is 0.850. The third-order valence-electron chi connectivity index (χ3n) is 3.26. The van der Waals surface area contributed by atoms with Gasteiger partial charge >= 0.3 is 0 Å². The molecule has 1 saturated carbocycles. The van der Waals surface area contributed by atoms with Crippen molar-refractivity contribution >= 4 is 0 Å². The van der Waals surface area contributed by atoms with Gasteiger partial charge in [0.15, 0.2) is 0 Å². The molecular weight excluding hydrogens is 190 g/mol. The molecule has 0 aromatic rings. The third-order valence-corrected chi connectivity index (χ3v) is 3.26. The van der Waals surface area contributed by atoms with Gasteiger partial charge in [-0.2, -0.15) is 0 Å². The van der Waals surface area contributed by atoms with Crippen molar-refractivity contribution in [1.29, 1.82) is 0 Å². The number of nitrogens with one attached hydrogen (secondary N) is 1. The van der Waals surface area contributed by atoms with Crippen LogP contribution in [0.5, 0.6) is 0 Å². The second kappa shape index (κ2) is 6.46. The lowest BCUT2D eigenvalue weighted by Gasteiger charge is -2.25. The summed E-state index contributed by atoms with van der Waals surface area (Å²) in [7, 11) is 0. The van der Waals surface area contributed by atoms with Crippen LogP contribution in [0.3, 0.4) is 0 Å². The van der Waals surface area contributed by atoms with Crippen LogP contribution in [0.2, 0.25) is 0 Å². The van der Waals surface area contributed by atoms with Crippen LogP contribution >= 0.6 is 0 Å². The minimum absolute atomic E-state index is 0.0243. The largest absolute Gasteiger partial charge is 0.396 e. The molecule has 0 aliphatic heterocycles. The van der Waals surface area contributed by atoms with Crippen molar-refractivity contribution < 1.29 is 9.84 Å². The van der Waals surface area contributed by atoms with Crippen LogP contribution in [0.15, 0.2) is 0 Å². The van der Waals surface area contributed by atoms with Crippen molar-refractivity contribution in [2.45, 2.75) is 33.1 Å². The number of ether oxygens (including phenoxy) is 1. The minimum atomic E-state index is 0.0243. The maximum absolute atomic E-state index is 9.20. The van der Waals surface area contributed by atoms with Gasteiger partial charge in [0.1, 0.15) is 0 Å². The molecule has 0 spiro atoms. The van der Waals surface area contributed by atoms with Crippen molar-refractivity contribution in [3.8, 4) is 0 Å². The first kappa shape index (κ1) is 12.9. The summed E-state index contributed by atoms with van der Waals surface area (Å²) in [5, 5.41) is 12.5. The fourth-order valence-electron chi connectivity index (χ4n) is 1.36. The summed E-state index contributed by atoms with van der Waals surface area (Å²) in [5.41, 5.74) is 0.0243. The van der Waals surface area contributed by atoms with E-state index in [1.54, 1.807) is 0 Å². The normalized spacial score (nSPS) is 20.2. The van der Waals surface area contributed by atoms with Crippen molar-refractivity contribution in [1.82, 2.24) is 5.32 Å². The zero-order chi connectivity index (χ0) is 11.1. The van der Waals surface area contributed by atoms with E-state index < -0.39 is 0 Å². The average Bonchev–Trinajstić information content (AvgIpc) is 3.06. The van der Waals surface area contributed by atoms with Crippen molar-refractivity contribution in [3.05, 3.63) is 0 Å². The molecule has 3 nitrogen and oxygen atoms in total. The minimum Gasteiger partial charge on any atom is -0.396 e. The molecule has 1 aliphatic carbocycles. The van der Waals surface area contributed by atoms with Gasteiger partial charge in [0.25, 0.3) is 0 Å². The molecule has 2 N–H and O–H groups in total. The fraction of sp³-hybridized carbons (Fsp3) is 1.00. The van der Waals surface area contributed by atoms with E-state index in [-0.39, 0.29) is 12.0 Å². The Labute approximate surface area is 93.2 Å². The van der Waals surface area contributed by atoms with Crippen LogP contribution in [0.4, 0.5) is 0 Å². The summed E-state index contributed by atoms with van der Waals surface area (Å²) in [4.78, 5) is 0. The second-order valence-corrected chi connectivity index (χ2v) is 5.02. The molecule has 1 unspecified atom stereocenters. The average molecular weight is 215 g/mol. The molecule has 1 rings (SSSR count). The van der Waals surface area contributed by atoms with Crippen molar-refractivity contribution in [2.24, 2.45) is 11.3 Å². The summed E-state index contributed by atoms with van der Waals surface area (Å²) < 4.78 is 5.51. The van der Waals surface area contributed by atoms with Crippen LogP contribution in [0, 0.1) is 11.3 Å². The number of aliphatic hydroxyl groups is 1. The van der Waals surface area contributed by atoms with E-state index in [0.717, 1.165) is 38.6 Å². The molecule has 3 heteroatoms. The maximum atomic E-state index is 9.20. The lowest BCUT2D eigenvalue weighted by molar-refractivity contribution is 0.111. The number of rotatable bonds is 9. The van der Waals surface area contributed by atoms with Crippen molar-refractivity contribution in [3.63, 3.8) is 0 Å². The fourth-order valence-corrected chi connectivity index (χ4v) is 1.36. The van der Waals surface area contributed by atoms with Gasteiger partial charge < -0.3 is 15.2 Å². The second-order valence-electron chi connectivity index (χ2n) is 5.02. The Bertz CT molecular complexity index is 165. The summed E-state index contributed by atoms with van der Waals surface area (Å²) in [6.07, 6.45) is 3.71. The van der Waals surface area contributed by atoms with E-state index in [4.69, 9.17) is 4.74 Å². The third kappa shape index (κ3) is 5.50. The molecule has 0 saturated heterocycles. The zero-order valence-electron chi connectivity index (χ0n) is 10.1. The lowest BCUT2D eigenvalue weighted by atomic mass is 9.89. The molecule has 0 aromatic heterocycles. The summed E-state index contributed by atoms with van der Waals surface area (Å²) in [6.45, 7) is 7.95. The van der Waals surface area contributed by atoms with Gasteiger partial charge in [0, 0.05) is 31.7 Å². The van der Waals surface area contributed by atoms with Crippen molar-refractivity contribution in [2.75, 3.05) is 32.9 Å². The molecule has 1 aliphatic rings. The van der Waals surface area contributed by atoms with E-state index in [1.165, 1.54) is 12.8 Å². The molecule has 15 heavy (non-hydrogen) atoms. The smallest absolute Gasteiger partial charge is 0.0591 e. The molecule has 1 atom stereocenters. The Hall–Kier alpha value is -0.120. The van der Waals surface area contributed by atoms with Crippen LogP contribution in [-0.4, -0.2) is 38.0 Å². The molecular formula is C12H25NO2. The Balaban J connectivity index is 1.90. The van der Waals surface area contributed by atoms with Crippen LogP contribution in [-0.2, 0) is 4.74 Å². The Kier molecular flexibility index (Phi) is 5.58. The molecule has 90 valence electrons. The first-order chi connectivity index (χ1) is 7.20. The molecule has 0 bridgehead atoms. The zero-order valence-corrected chi connectivity index (χ0v) is 10.1. The van der Waals surface area contributed by atoms with Gasteiger partial charge in [-0.05, 0) is 25.2 Å². The molecule has 0 radical (unpaired) electrons. The predicted octanol–water partition coefficient (Wildman–Crippen LogP) is 1.41. The number of hydrogen-bond donors (Lipinski definition) is 2. The van der Waals surface area contributed by atoms with Crippen LogP contribution in [0.25, 0.3) is 0 Å². The highest BCUT2D eigenvalue weighted by Gasteiger charge is 2.21. The Morgan fingerprint density at radius 2 is 2.20 bits per heavy atom. The number of hydrogen-bond acceptors (Lipinski definition) is 3. The van der Waals surface area contributed by atoms with Gasteiger partial charge in [-0.1, -0.05) is 13.8 Å². The van der Waals surface area contributed by atoms with E-state index in [2.05, 4.69) is 19.2 Å². The van der Waals surface area contributed by atoms with Gasteiger partial charge in [0.2, 0.25) is 0 Å². The monoisotopic (exact) mass is 215 g/mol. The molecule has 0 aromatic carbocycles. The standard InChI is InChI=1S/C12H25NO2/c1-3-12(2,10-14)9-13-6-7-15-8-11-4-5-11/h11,13-14H,3-10H2,1-2H3. The summed E-state index contributed by atoms with van der Waals surface area (Å²) in [6, 6.07) is 0. The topological polar surface area (TPSA) is 41.5 Å². The van der Waals surface area contributed by atoms with Gasteiger partial charge in [-0.25, -0.2) is 0 Å². The Morgan fingerprint density at radius 1 is 1.47 bits per heavy atom. The van der Waals surface area contributed by atoms with E-state index >= 15 is 0 Å². The van der Waals surface area contributed by atoms with Gasteiger partial charge in [0.05, 0.1) is 6.61 Å². The van der Waals surface area contributed by atoms with Gasteiger partial charge in [-0.15, -0.1) is 0 Å². The quantitative estimate of drug-likeness (QED) is 0.571. The first-order valence-corrected chi connectivity index (χ1v) is 6.09. The van der Waals surface area contributed by atoms with E-state index in [9.17, 15) is 5.11 Å². The highest BCUT2D eigenvalue weighted by molar-refractivity contribution is 4.74. The SMILES string of the molecule is CCC(C)(CO)CNCCOCC1CC1. The molecule has 0 heterocycles. The summed E-state index contributed by atoms with van der Waals surface area (Å²) >= 11 is 0. The lowest BCUT2D eigenvalue weighted by Crippen LogP contribution is -2.35. The highest BCUT2D eigenvalue weighted by atomic mass is 16.5. The van der Waals surface area contributed by atoms with E-state index in [0.29, 0.717) is 0 Å². The first-order valence-electron chi connectivity index (χ1n) is 6.09. The predicted molar refractivity (Wildman–Crippen MR) is 61.9 cm³/mol. The van der Waals surface area contributed by atoms with Gasteiger partial charge in [-0.3, -0.25) is 0 Å². The highest BCUT2D eigenvalue weighted by Crippen LogP contribution is 2.28. The molecule has 1 fully saturated rings. The van der Waals surface area contributed by atoms with E-state index in [1.807, 2.05) is 0 Å². The van der Waals surface area contributed by atoms with Crippen LogP contribution in [0.1, 0.15) is 33.1 Å². The maximum Gasteiger partial charge on any atom is 0.0591 e. The molecule has 0 amide bonds. The number of aliphatic hydroxyl groups excluding tert-OH is 1.